The topological polar surface area (TPSA) is 46.9 Å². The number of carbonyl (C=O) groups excluding carboxylic acids is 1. The molecular formula is C23H27N3OS2. The molecule has 1 aliphatic rings. The summed E-state index contributed by atoms with van der Waals surface area (Å²) in [5.41, 5.74) is 3.41. The molecule has 0 saturated heterocycles. The monoisotopic (exact) mass is 425 g/mol. The smallest absolute Gasteiger partial charge is 0.231 e. The molecule has 4 rings (SSSR count). The Bertz CT molecular complexity index is 944. The van der Waals surface area contributed by atoms with Gasteiger partial charge in [-0.2, -0.15) is 0 Å². The summed E-state index contributed by atoms with van der Waals surface area (Å²) >= 11 is 3.22. The summed E-state index contributed by atoms with van der Waals surface area (Å²) in [4.78, 5) is 18.8. The molecule has 0 aliphatic heterocycles. The Morgan fingerprint density at radius 1 is 1.21 bits per heavy atom. The molecular weight excluding hydrogens is 398 g/mol. The molecule has 1 fully saturated rings. The Hall–Kier alpha value is -2.05. The van der Waals surface area contributed by atoms with E-state index in [4.69, 9.17) is 4.98 Å². The molecule has 0 radical (unpaired) electrons. The largest absolute Gasteiger partial charge is 0.344 e. The van der Waals surface area contributed by atoms with Gasteiger partial charge in [0.1, 0.15) is 0 Å². The Morgan fingerprint density at radius 2 is 1.97 bits per heavy atom. The van der Waals surface area contributed by atoms with Crippen LogP contribution in [0.5, 0.6) is 0 Å². The number of rotatable bonds is 7. The van der Waals surface area contributed by atoms with E-state index in [1.54, 1.807) is 23.1 Å². The van der Waals surface area contributed by atoms with Crippen molar-refractivity contribution in [2.75, 3.05) is 5.75 Å². The standard InChI is InChI=1S/C23H27N3OS2/c1-16-17(2)26(19-11-6-7-12-19)23(24-16)29-15-21(27)25-22(20-13-8-14-28-20)18-9-4-3-5-10-18/h3-5,8-10,13-14,19,22H,6-7,11-12,15H2,1-2H3,(H,25,27)/t22-/m0/s1. The van der Waals surface area contributed by atoms with Crippen LogP contribution in [0.2, 0.25) is 0 Å². The molecule has 1 amide bonds. The lowest BCUT2D eigenvalue weighted by molar-refractivity contribution is -0.119. The molecule has 1 N–H and O–H groups in total. The fourth-order valence-electron chi connectivity index (χ4n) is 4.04. The van der Waals surface area contributed by atoms with E-state index in [2.05, 4.69) is 47.3 Å². The first-order chi connectivity index (χ1) is 14.1. The maximum absolute atomic E-state index is 12.9. The number of thiophene rings is 1. The quantitative estimate of drug-likeness (QED) is 0.496. The first-order valence-corrected chi connectivity index (χ1v) is 12.1. The summed E-state index contributed by atoms with van der Waals surface area (Å²) in [6.45, 7) is 4.21. The minimum absolute atomic E-state index is 0.0357. The number of hydrogen-bond acceptors (Lipinski definition) is 4. The summed E-state index contributed by atoms with van der Waals surface area (Å²) in [5.74, 6) is 0.408. The molecule has 3 aromatic rings. The minimum atomic E-state index is -0.109. The molecule has 0 bridgehead atoms. The van der Waals surface area contributed by atoms with E-state index >= 15 is 0 Å². The zero-order valence-electron chi connectivity index (χ0n) is 16.9. The number of aryl methyl sites for hydroxylation is 1. The minimum Gasteiger partial charge on any atom is -0.344 e. The number of amides is 1. The summed E-state index contributed by atoms with van der Waals surface area (Å²) in [5, 5.41) is 6.26. The lowest BCUT2D eigenvalue weighted by Crippen LogP contribution is -2.30. The fourth-order valence-corrected chi connectivity index (χ4v) is 5.82. The van der Waals surface area contributed by atoms with Crippen molar-refractivity contribution in [3.63, 3.8) is 0 Å². The highest BCUT2D eigenvalue weighted by Crippen LogP contribution is 2.35. The van der Waals surface area contributed by atoms with Gasteiger partial charge < -0.3 is 9.88 Å². The van der Waals surface area contributed by atoms with Gasteiger partial charge in [-0.3, -0.25) is 4.79 Å². The van der Waals surface area contributed by atoms with Gasteiger partial charge in [0, 0.05) is 16.6 Å². The van der Waals surface area contributed by atoms with Crippen LogP contribution >= 0.6 is 23.1 Å². The van der Waals surface area contributed by atoms with Crippen molar-refractivity contribution in [3.05, 3.63) is 69.7 Å². The maximum atomic E-state index is 12.9. The van der Waals surface area contributed by atoms with Crippen molar-refractivity contribution in [2.45, 2.75) is 56.8 Å². The zero-order valence-corrected chi connectivity index (χ0v) is 18.6. The number of hydrogen-bond donors (Lipinski definition) is 1. The van der Waals surface area contributed by atoms with Gasteiger partial charge >= 0.3 is 0 Å². The second kappa shape index (κ2) is 9.18. The van der Waals surface area contributed by atoms with Crippen LogP contribution in [0, 0.1) is 13.8 Å². The molecule has 2 aromatic heterocycles. The van der Waals surface area contributed by atoms with Gasteiger partial charge in [0.15, 0.2) is 5.16 Å². The van der Waals surface area contributed by atoms with Crippen molar-refractivity contribution in [1.29, 1.82) is 0 Å². The normalized spacial score (nSPS) is 15.5. The third-order valence-corrected chi connectivity index (χ3v) is 7.53. The Labute approximate surface area is 180 Å². The average molecular weight is 426 g/mol. The number of carbonyl (C=O) groups is 1. The van der Waals surface area contributed by atoms with Gasteiger partial charge in [0.25, 0.3) is 0 Å². The lowest BCUT2D eigenvalue weighted by atomic mass is 10.1. The van der Waals surface area contributed by atoms with Gasteiger partial charge in [0.05, 0.1) is 17.5 Å². The third-order valence-electron chi connectivity index (χ3n) is 5.64. The van der Waals surface area contributed by atoms with E-state index in [1.165, 1.54) is 31.4 Å². The van der Waals surface area contributed by atoms with E-state index < -0.39 is 0 Å². The second-order valence-electron chi connectivity index (χ2n) is 7.59. The molecule has 6 heteroatoms. The van der Waals surface area contributed by atoms with Gasteiger partial charge in [-0.25, -0.2) is 4.98 Å². The molecule has 1 aliphatic carbocycles. The van der Waals surface area contributed by atoms with Crippen molar-refractivity contribution in [3.8, 4) is 0 Å². The first-order valence-electron chi connectivity index (χ1n) is 10.2. The van der Waals surface area contributed by atoms with E-state index in [1.807, 2.05) is 24.3 Å². The van der Waals surface area contributed by atoms with Crippen molar-refractivity contribution >= 4 is 29.0 Å². The van der Waals surface area contributed by atoms with Crippen LogP contribution in [-0.4, -0.2) is 21.2 Å². The third kappa shape index (κ3) is 4.59. The highest BCUT2D eigenvalue weighted by molar-refractivity contribution is 7.99. The van der Waals surface area contributed by atoms with Crippen LogP contribution in [0.3, 0.4) is 0 Å². The number of imidazole rings is 1. The van der Waals surface area contributed by atoms with Crippen LogP contribution in [0.4, 0.5) is 0 Å². The molecule has 2 heterocycles. The molecule has 1 atom stereocenters. The molecule has 4 nitrogen and oxygen atoms in total. The number of benzene rings is 1. The predicted octanol–water partition coefficient (Wildman–Crippen LogP) is 5.67. The second-order valence-corrected chi connectivity index (χ2v) is 9.51. The van der Waals surface area contributed by atoms with E-state index in [-0.39, 0.29) is 11.9 Å². The lowest BCUT2D eigenvalue weighted by Gasteiger charge is -2.19. The molecule has 0 spiro atoms. The summed E-state index contributed by atoms with van der Waals surface area (Å²) in [7, 11) is 0. The Balaban J connectivity index is 1.46. The zero-order chi connectivity index (χ0) is 20.2. The fraction of sp³-hybridized carbons (Fsp3) is 0.391. The van der Waals surface area contributed by atoms with E-state index in [0.717, 1.165) is 21.3 Å². The molecule has 0 unspecified atom stereocenters. The van der Waals surface area contributed by atoms with Crippen LogP contribution < -0.4 is 5.32 Å². The van der Waals surface area contributed by atoms with Gasteiger partial charge in [0.2, 0.25) is 5.91 Å². The van der Waals surface area contributed by atoms with Gasteiger partial charge in [-0.1, -0.05) is 61.0 Å². The number of aromatic nitrogens is 2. The van der Waals surface area contributed by atoms with Crippen molar-refractivity contribution in [2.24, 2.45) is 0 Å². The summed E-state index contributed by atoms with van der Waals surface area (Å²) < 4.78 is 2.37. The van der Waals surface area contributed by atoms with Crippen molar-refractivity contribution in [1.82, 2.24) is 14.9 Å². The van der Waals surface area contributed by atoms with Gasteiger partial charge in [-0.05, 0) is 43.7 Å². The molecule has 152 valence electrons. The molecule has 1 aromatic carbocycles. The highest BCUT2D eigenvalue weighted by Gasteiger charge is 2.24. The van der Waals surface area contributed by atoms with Crippen LogP contribution in [0.15, 0.2) is 53.0 Å². The van der Waals surface area contributed by atoms with Crippen LogP contribution in [0.1, 0.15) is 59.6 Å². The highest BCUT2D eigenvalue weighted by atomic mass is 32.2. The summed E-state index contributed by atoms with van der Waals surface area (Å²) in [6, 6.07) is 14.7. The number of nitrogens with one attached hydrogen (secondary N) is 1. The first kappa shape index (κ1) is 20.2. The SMILES string of the molecule is Cc1nc(SCC(=O)N[C@@H](c2ccccc2)c2cccs2)n(C2CCCC2)c1C. The maximum Gasteiger partial charge on any atom is 0.231 e. The molecule has 1 saturated carbocycles. The van der Waals surface area contributed by atoms with E-state index in [9.17, 15) is 4.79 Å². The van der Waals surface area contributed by atoms with Crippen molar-refractivity contribution < 1.29 is 4.79 Å². The summed E-state index contributed by atoms with van der Waals surface area (Å²) in [6.07, 6.45) is 4.99. The molecule has 29 heavy (non-hydrogen) atoms. The number of nitrogens with zero attached hydrogens (tertiary/aromatic N) is 2. The number of thioether (sulfide) groups is 1. The average Bonchev–Trinajstić information content (AvgIpc) is 3.48. The Kier molecular flexibility index (Phi) is 6.40. The Morgan fingerprint density at radius 3 is 2.66 bits per heavy atom. The van der Waals surface area contributed by atoms with Crippen LogP contribution in [-0.2, 0) is 4.79 Å². The predicted molar refractivity (Wildman–Crippen MR) is 121 cm³/mol. The van der Waals surface area contributed by atoms with Crippen LogP contribution in [0.25, 0.3) is 0 Å². The van der Waals surface area contributed by atoms with Gasteiger partial charge in [-0.15, -0.1) is 11.3 Å². The van der Waals surface area contributed by atoms with E-state index in [0.29, 0.717) is 11.8 Å².